The van der Waals surface area contributed by atoms with E-state index in [1.54, 1.807) is 48.5 Å². The Labute approximate surface area is 161 Å². The van der Waals surface area contributed by atoms with Gasteiger partial charge in [0, 0.05) is 11.8 Å². The Bertz CT molecular complexity index is 1300. The van der Waals surface area contributed by atoms with Crippen LogP contribution in [-0.2, 0) is 14.8 Å². The number of aromatic nitrogens is 1. The van der Waals surface area contributed by atoms with Crippen LogP contribution in [0, 0.1) is 6.57 Å². The second kappa shape index (κ2) is 6.44. The molecule has 0 aliphatic heterocycles. The number of rotatable bonds is 3. The lowest BCUT2D eigenvalue weighted by atomic mass is 9.93. The molecular weight excluding hydrogens is 376 g/mol. The summed E-state index contributed by atoms with van der Waals surface area (Å²) < 4.78 is 27.4. The third-order valence-electron chi connectivity index (χ3n) is 4.45. The zero-order chi connectivity index (χ0) is 19.9. The second-order valence-corrected chi connectivity index (χ2v) is 7.90. The quantitative estimate of drug-likeness (QED) is 0.509. The first-order chi connectivity index (χ1) is 13.4. The van der Waals surface area contributed by atoms with Crippen molar-refractivity contribution < 1.29 is 18.0 Å². The smallest absolute Gasteiger partial charge is 0.268 e. The molecule has 0 amide bonds. The summed E-state index contributed by atoms with van der Waals surface area (Å²) in [6, 6.07) is 16.5. The molecule has 0 N–H and O–H groups in total. The number of hydrogen-bond acceptors (Lipinski definition) is 4. The topological polar surface area (TPSA) is 77.6 Å². The van der Waals surface area contributed by atoms with Gasteiger partial charge in [0.2, 0.25) is 17.3 Å². The van der Waals surface area contributed by atoms with Crippen LogP contribution in [-0.4, -0.2) is 24.0 Å². The van der Waals surface area contributed by atoms with E-state index in [2.05, 4.69) is 4.85 Å². The summed E-state index contributed by atoms with van der Waals surface area (Å²) >= 11 is 0. The first-order valence-electron chi connectivity index (χ1n) is 8.24. The van der Waals surface area contributed by atoms with E-state index in [1.165, 1.54) is 24.4 Å². The average Bonchev–Trinajstić information content (AvgIpc) is 3.12. The van der Waals surface area contributed by atoms with Crippen LogP contribution < -0.4 is 0 Å². The van der Waals surface area contributed by atoms with Gasteiger partial charge >= 0.3 is 0 Å². The summed E-state index contributed by atoms with van der Waals surface area (Å²) in [5.74, 6) is -1.82. The number of Topliss-reactive ketones (excluding diaryl/α,β-unsaturated/α-hetero) is 2. The second-order valence-electron chi connectivity index (χ2n) is 6.08. The molecule has 0 saturated heterocycles. The van der Waals surface area contributed by atoms with E-state index in [0.29, 0.717) is 11.1 Å². The molecule has 0 bridgehead atoms. The fraction of sp³-hybridized carbons (Fsp3) is 0. The van der Waals surface area contributed by atoms with Gasteiger partial charge in [0.05, 0.1) is 22.7 Å². The van der Waals surface area contributed by atoms with Gasteiger partial charge in [-0.3, -0.25) is 9.59 Å². The predicted octanol–water partition coefficient (Wildman–Crippen LogP) is 3.42. The van der Waals surface area contributed by atoms with Crippen LogP contribution in [0.5, 0.6) is 0 Å². The van der Waals surface area contributed by atoms with Crippen molar-refractivity contribution in [1.82, 2.24) is 3.97 Å². The molecule has 1 heterocycles. The molecule has 6 nitrogen and oxygen atoms in total. The molecule has 0 atom stereocenters. The van der Waals surface area contributed by atoms with Crippen molar-refractivity contribution in [2.75, 3.05) is 0 Å². The third-order valence-corrected chi connectivity index (χ3v) is 6.14. The Morgan fingerprint density at radius 3 is 2.07 bits per heavy atom. The Morgan fingerprint density at radius 2 is 1.46 bits per heavy atom. The van der Waals surface area contributed by atoms with E-state index in [-0.39, 0.29) is 16.2 Å². The van der Waals surface area contributed by atoms with Gasteiger partial charge in [0.25, 0.3) is 10.0 Å². The molecule has 0 spiro atoms. The van der Waals surface area contributed by atoms with Crippen molar-refractivity contribution in [2.24, 2.45) is 0 Å². The van der Waals surface area contributed by atoms with Crippen molar-refractivity contribution in [2.45, 2.75) is 4.90 Å². The van der Waals surface area contributed by atoms with Gasteiger partial charge in [-0.25, -0.2) is 17.2 Å². The van der Waals surface area contributed by atoms with E-state index >= 15 is 0 Å². The van der Waals surface area contributed by atoms with E-state index in [0.717, 1.165) is 3.97 Å². The van der Waals surface area contributed by atoms with E-state index in [4.69, 9.17) is 6.57 Å². The third kappa shape index (κ3) is 2.59. The van der Waals surface area contributed by atoms with E-state index in [1.807, 2.05) is 0 Å². The molecule has 1 aliphatic rings. The van der Waals surface area contributed by atoms with Crippen molar-refractivity contribution >= 4 is 27.7 Å². The van der Waals surface area contributed by atoms with Gasteiger partial charge in [0.15, 0.2) is 0 Å². The number of carbonyl (C=O) groups excluding carboxylic acids is 2. The van der Waals surface area contributed by atoms with Crippen LogP contribution in [0.4, 0.5) is 0 Å². The van der Waals surface area contributed by atoms with Crippen molar-refractivity contribution in [1.29, 1.82) is 0 Å². The normalized spacial score (nSPS) is 13.6. The van der Waals surface area contributed by atoms with Gasteiger partial charge in [-0.15, -0.1) is 0 Å². The molecule has 28 heavy (non-hydrogen) atoms. The average molecular weight is 388 g/mol. The highest BCUT2D eigenvalue weighted by Crippen LogP contribution is 2.35. The maximum absolute atomic E-state index is 13.2. The van der Waals surface area contributed by atoms with Crippen molar-refractivity contribution in [3.8, 4) is 11.1 Å². The zero-order valence-corrected chi connectivity index (χ0v) is 15.2. The molecule has 3 aromatic rings. The Balaban J connectivity index is 2.07. The highest BCUT2D eigenvalue weighted by molar-refractivity contribution is 7.90. The summed E-state index contributed by atoms with van der Waals surface area (Å²) in [5, 5.41) is 0. The lowest BCUT2D eigenvalue weighted by molar-refractivity contribution is -0.111. The molecule has 4 rings (SSSR count). The summed E-state index contributed by atoms with van der Waals surface area (Å²) in [6.07, 6.45) is 2.50. The highest BCUT2D eigenvalue weighted by Gasteiger charge is 2.36. The summed E-state index contributed by atoms with van der Waals surface area (Å²) in [7, 11) is -4.03. The maximum atomic E-state index is 13.2. The fourth-order valence-corrected chi connectivity index (χ4v) is 4.50. The van der Waals surface area contributed by atoms with Crippen LogP contribution in [0.2, 0.25) is 0 Å². The molecule has 0 unspecified atom stereocenters. The fourth-order valence-electron chi connectivity index (χ4n) is 3.12. The summed E-state index contributed by atoms with van der Waals surface area (Å²) in [6.45, 7) is 7.15. The van der Waals surface area contributed by atoms with E-state index in [9.17, 15) is 18.0 Å². The summed E-state index contributed by atoms with van der Waals surface area (Å²) in [5.41, 5.74) is 0.524. The SMILES string of the molecule is [C-]#[N+]C1=Cc2c(c(-c3ccccc3)cn2S(=O)(=O)c2ccccc2)C(=O)C1=O. The predicted molar refractivity (Wildman–Crippen MR) is 103 cm³/mol. The Morgan fingerprint density at radius 1 is 0.857 bits per heavy atom. The summed E-state index contributed by atoms with van der Waals surface area (Å²) in [4.78, 5) is 28.1. The number of carbonyl (C=O) groups is 2. The van der Waals surface area contributed by atoms with Crippen LogP contribution in [0.25, 0.3) is 22.0 Å². The minimum Gasteiger partial charge on any atom is -0.299 e. The monoisotopic (exact) mass is 388 g/mol. The zero-order valence-electron chi connectivity index (χ0n) is 14.4. The lowest BCUT2D eigenvalue weighted by Gasteiger charge is -2.12. The lowest BCUT2D eigenvalue weighted by Crippen LogP contribution is -2.22. The van der Waals surface area contributed by atoms with Gasteiger partial charge < -0.3 is 0 Å². The molecule has 136 valence electrons. The van der Waals surface area contributed by atoms with Crippen LogP contribution in [0.3, 0.4) is 0 Å². The molecule has 7 heteroatoms. The maximum Gasteiger partial charge on any atom is 0.268 e. The minimum atomic E-state index is -4.03. The van der Waals surface area contributed by atoms with Crippen LogP contribution in [0.1, 0.15) is 16.1 Å². The van der Waals surface area contributed by atoms with Gasteiger partial charge in [0.1, 0.15) is 0 Å². The molecule has 1 aromatic heterocycles. The molecule has 0 fully saturated rings. The van der Waals surface area contributed by atoms with Gasteiger partial charge in [-0.1, -0.05) is 48.5 Å². The van der Waals surface area contributed by atoms with Crippen molar-refractivity contribution in [3.05, 3.63) is 95.2 Å². The van der Waals surface area contributed by atoms with Crippen LogP contribution >= 0.6 is 0 Å². The number of ketones is 2. The first-order valence-corrected chi connectivity index (χ1v) is 9.68. The molecule has 0 saturated carbocycles. The van der Waals surface area contributed by atoms with Gasteiger partial charge in [-0.05, 0) is 23.8 Å². The van der Waals surface area contributed by atoms with Gasteiger partial charge in [-0.2, -0.15) is 0 Å². The molecular formula is C21H12N2O4S. The highest BCUT2D eigenvalue weighted by atomic mass is 32.2. The van der Waals surface area contributed by atoms with Crippen LogP contribution in [0.15, 0.2) is 77.5 Å². The molecule has 1 aliphatic carbocycles. The first kappa shape index (κ1) is 17.6. The number of nitrogens with zero attached hydrogens (tertiary/aromatic N) is 2. The molecule has 2 aromatic carbocycles. The Hall–Kier alpha value is -3.76. The van der Waals surface area contributed by atoms with Crippen molar-refractivity contribution in [3.63, 3.8) is 0 Å². The Kier molecular flexibility index (Phi) is 4.06. The number of allylic oxidation sites excluding steroid dienone is 1. The number of hydrogen-bond donors (Lipinski definition) is 0. The minimum absolute atomic E-state index is 0.0110. The largest absolute Gasteiger partial charge is 0.299 e. The molecule has 0 radical (unpaired) electrons. The standard InChI is InChI=1S/C21H12N2O4S/c1-22-17-12-18-19(21(25)20(17)24)16(14-8-4-2-5-9-14)13-23(18)28(26,27)15-10-6-3-7-11-15/h2-13H. The number of benzene rings is 2. The van der Waals surface area contributed by atoms with E-state index < -0.39 is 27.3 Å². The number of fused-ring (bicyclic) bond motifs is 1.